The number of rotatable bonds is 5. The highest BCUT2D eigenvalue weighted by Crippen LogP contribution is 2.21. The SMILES string of the molecule is Cc1ccc(C)c(OCc2ccc(C(=O)Nc3nccc(C)n3)o2)c1. The Morgan fingerprint density at radius 2 is 2.00 bits per heavy atom. The Bertz CT molecular complexity index is 902. The molecular formula is C19H19N3O3. The van der Waals surface area contributed by atoms with E-state index in [-0.39, 0.29) is 18.3 Å². The molecule has 1 aromatic carbocycles. The monoisotopic (exact) mass is 337 g/mol. The zero-order chi connectivity index (χ0) is 17.8. The molecule has 0 aliphatic rings. The van der Waals surface area contributed by atoms with Crippen molar-refractivity contribution in [3.8, 4) is 5.75 Å². The maximum atomic E-state index is 12.2. The summed E-state index contributed by atoms with van der Waals surface area (Å²) in [5, 5.41) is 2.61. The average Bonchev–Trinajstić information content (AvgIpc) is 3.05. The molecule has 25 heavy (non-hydrogen) atoms. The summed E-state index contributed by atoms with van der Waals surface area (Å²) in [5.41, 5.74) is 2.94. The smallest absolute Gasteiger partial charge is 0.293 e. The molecule has 0 aliphatic carbocycles. The number of nitrogens with one attached hydrogen (secondary N) is 1. The molecule has 128 valence electrons. The number of benzene rings is 1. The molecule has 6 nitrogen and oxygen atoms in total. The highest BCUT2D eigenvalue weighted by Gasteiger charge is 2.13. The fourth-order valence-corrected chi connectivity index (χ4v) is 2.26. The third kappa shape index (κ3) is 4.23. The molecule has 2 heterocycles. The van der Waals surface area contributed by atoms with Crippen molar-refractivity contribution in [3.63, 3.8) is 0 Å². The molecule has 0 atom stereocenters. The number of carbonyl (C=O) groups excluding carboxylic acids is 1. The summed E-state index contributed by atoms with van der Waals surface area (Å²) >= 11 is 0. The van der Waals surface area contributed by atoms with E-state index in [1.807, 2.05) is 39.0 Å². The van der Waals surface area contributed by atoms with E-state index in [1.165, 1.54) is 0 Å². The molecule has 6 heteroatoms. The molecule has 0 spiro atoms. The number of furan rings is 1. The molecule has 1 N–H and O–H groups in total. The molecule has 0 bridgehead atoms. The normalized spacial score (nSPS) is 10.5. The highest BCUT2D eigenvalue weighted by molar-refractivity contribution is 6.01. The van der Waals surface area contributed by atoms with Crippen LogP contribution in [0.5, 0.6) is 5.75 Å². The summed E-state index contributed by atoms with van der Waals surface area (Å²) in [7, 11) is 0. The minimum atomic E-state index is -0.399. The van der Waals surface area contributed by atoms with Crippen molar-refractivity contribution in [1.29, 1.82) is 0 Å². The van der Waals surface area contributed by atoms with E-state index in [0.29, 0.717) is 5.76 Å². The third-order valence-electron chi connectivity index (χ3n) is 3.62. The van der Waals surface area contributed by atoms with Crippen molar-refractivity contribution in [2.24, 2.45) is 0 Å². The summed E-state index contributed by atoms with van der Waals surface area (Å²) in [4.78, 5) is 20.3. The van der Waals surface area contributed by atoms with Crippen LogP contribution < -0.4 is 10.1 Å². The number of hydrogen-bond acceptors (Lipinski definition) is 5. The summed E-state index contributed by atoms with van der Waals surface area (Å²) in [6.45, 7) is 6.07. The van der Waals surface area contributed by atoms with E-state index < -0.39 is 5.91 Å². The molecular weight excluding hydrogens is 318 g/mol. The molecule has 3 rings (SSSR count). The second-order valence-corrected chi connectivity index (χ2v) is 5.80. The van der Waals surface area contributed by atoms with Crippen LogP contribution in [0.25, 0.3) is 0 Å². The Hall–Kier alpha value is -3.15. The summed E-state index contributed by atoms with van der Waals surface area (Å²) < 4.78 is 11.3. The Labute approximate surface area is 145 Å². The van der Waals surface area contributed by atoms with Gasteiger partial charge in [-0.25, -0.2) is 9.97 Å². The third-order valence-corrected chi connectivity index (χ3v) is 3.62. The molecule has 0 saturated heterocycles. The number of carbonyl (C=O) groups is 1. The molecule has 0 radical (unpaired) electrons. The lowest BCUT2D eigenvalue weighted by atomic mass is 10.1. The van der Waals surface area contributed by atoms with Gasteiger partial charge in [0.1, 0.15) is 18.1 Å². The van der Waals surface area contributed by atoms with Gasteiger partial charge in [0.15, 0.2) is 5.76 Å². The number of amides is 1. The van der Waals surface area contributed by atoms with Gasteiger partial charge in [0.2, 0.25) is 5.95 Å². The van der Waals surface area contributed by atoms with Crippen LogP contribution in [0.4, 0.5) is 5.95 Å². The topological polar surface area (TPSA) is 77.2 Å². The van der Waals surface area contributed by atoms with Crippen LogP contribution in [0.3, 0.4) is 0 Å². The number of hydrogen-bond donors (Lipinski definition) is 1. The first-order valence-corrected chi connectivity index (χ1v) is 7.91. The lowest BCUT2D eigenvalue weighted by molar-refractivity contribution is 0.0991. The van der Waals surface area contributed by atoms with Crippen molar-refractivity contribution in [2.75, 3.05) is 5.32 Å². The lowest BCUT2D eigenvalue weighted by Crippen LogP contribution is -2.13. The molecule has 0 fully saturated rings. The zero-order valence-electron chi connectivity index (χ0n) is 14.4. The first-order chi connectivity index (χ1) is 12.0. The van der Waals surface area contributed by atoms with Gasteiger partial charge in [-0.05, 0) is 56.2 Å². The molecule has 0 unspecified atom stereocenters. The van der Waals surface area contributed by atoms with E-state index in [4.69, 9.17) is 9.15 Å². The van der Waals surface area contributed by atoms with Crippen LogP contribution in [-0.4, -0.2) is 15.9 Å². The summed E-state index contributed by atoms with van der Waals surface area (Å²) in [5.74, 6) is 1.40. The van der Waals surface area contributed by atoms with Crippen molar-refractivity contribution in [1.82, 2.24) is 9.97 Å². The fraction of sp³-hybridized carbons (Fsp3) is 0.211. The predicted octanol–water partition coefficient (Wildman–Crippen LogP) is 3.83. The molecule has 0 aliphatic heterocycles. The van der Waals surface area contributed by atoms with Crippen LogP contribution >= 0.6 is 0 Å². The van der Waals surface area contributed by atoms with Gasteiger partial charge in [0.05, 0.1) is 0 Å². The molecule has 2 aromatic heterocycles. The van der Waals surface area contributed by atoms with Gasteiger partial charge in [-0.1, -0.05) is 12.1 Å². The van der Waals surface area contributed by atoms with Gasteiger partial charge >= 0.3 is 0 Å². The van der Waals surface area contributed by atoms with Gasteiger partial charge in [0, 0.05) is 11.9 Å². The Kier molecular flexibility index (Phi) is 4.79. The van der Waals surface area contributed by atoms with E-state index in [0.717, 1.165) is 22.6 Å². The fourth-order valence-electron chi connectivity index (χ4n) is 2.26. The maximum absolute atomic E-state index is 12.2. The van der Waals surface area contributed by atoms with Gasteiger partial charge < -0.3 is 9.15 Å². The first kappa shape index (κ1) is 16.7. The summed E-state index contributed by atoms with van der Waals surface area (Å²) in [6.07, 6.45) is 1.59. The highest BCUT2D eigenvalue weighted by atomic mass is 16.5. The maximum Gasteiger partial charge on any atom is 0.293 e. The molecule has 3 aromatic rings. The minimum Gasteiger partial charge on any atom is -0.485 e. The van der Waals surface area contributed by atoms with Crippen LogP contribution in [0, 0.1) is 20.8 Å². The number of aromatic nitrogens is 2. The second kappa shape index (κ2) is 7.17. The number of anilines is 1. The van der Waals surface area contributed by atoms with Crippen LogP contribution in [0.1, 0.15) is 33.1 Å². The van der Waals surface area contributed by atoms with Gasteiger partial charge in [-0.3, -0.25) is 10.1 Å². The average molecular weight is 337 g/mol. The largest absolute Gasteiger partial charge is 0.485 e. The van der Waals surface area contributed by atoms with Crippen LogP contribution in [0.2, 0.25) is 0 Å². The number of nitrogens with zero attached hydrogens (tertiary/aromatic N) is 2. The Morgan fingerprint density at radius 3 is 2.80 bits per heavy atom. The molecule has 1 amide bonds. The van der Waals surface area contributed by atoms with Crippen LogP contribution in [0.15, 0.2) is 47.0 Å². The van der Waals surface area contributed by atoms with E-state index in [9.17, 15) is 4.79 Å². The Balaban J connectivity index is 1.63. The van der Waals surface area contributed by atoms with Crippen molar-refractivity contribution >= 4 is 11.9 Å². The van der Waals surface area contributed by atoms with Crippen molar-refractivity contribution < 1.29 is 13.9 Å². The lowest BCUT2D eigenvalue weighted by Gasteiger charge is -2.08. The molecule has 0 saturated carbocycles. The quantitative estimate of drug-likeness (QED) is 0.766. The second-order valence-electron chi connectivity index (χ2n) is 5.80. The number of ether oxygens (including phenoxy) is 1. The minimum absolute atomic E-state index is 0.185. The van der Waals surface area contributed by atoms with E-state index in [1.54, 1.807) is 24.4 Å². The first-order valence-electron chi connectivity index (χ1n) is 7.91. The Morgan fingerprint density at radius 1 is 1.16 bits per heavy atom. The van der Waals surface area contributed by atoms with Crippen molar-refractivity contribution in [3.05, 3.63) is 70.9 Å². The van der Waals surface area contributed by atoms with Crippen LogP contribution in [-0.2, 0) is 6.61 Å². The summed E-state index contributed by atoms with van der Waals surface area (Å²) in [6, 6.07) is 11.1. The predicted molar refractivity (Wildman–Crippen MR) is 93.7 cm³/mol. The van der Waals surface area contributed by atoms with E-state index in [2.05, 4.69) is 15.3 Å². The van der Waals surface area contributed by atoms with E-state index >= 15 is 0 Å². The zero-order valence-corrected chi connectivity index (χ0v) is 14.4. The van der Waals surface area contributed by atoms with Crippen molar-refractivity contribution in [2.45, 2.75) is 27.4 Å². The van der Waals surface area contributed by atoms with Gasteiger partial charge in [0.25, 0.3) is 5.91 Å². The standard InChI is InChI=1S/C19H19N3O3/c1-12-4-5-13(2)17(10-12)24-11-15-6-7-16(25-15)18(23)22-19-20-9-8-14(3)21-19/h4-10H,11H2,1-3H3,(H,20,21,22,23). The van der Waals surface area contributed by atoms with Gasteiger partial charge in [-0.15, -0.1) is 0 Å². The van der Waals surface area contributed by atoms with Gasteiger partial charge in [-0.2, -0.15) is 0 Å². The number of aryl methyl sites for hydroxylation is 3.